The Morgan fingerprint density at radius 3 is 2.42 bits per heavy atom. The Morgan fingerprint density at radius 2 is 1.71 bits per heavy atom. The lowest BCUT2D eigenvalue weighted by molar-refractivity contribution is 0.0990. The second-order valence-corrected chi connectivity index (χ2v) is 10.8. The van der Waals surface area contributed by atoms with Crippen LogP contribution in [0.4, 0.5) is 8.78 Å². The molecule has 0 aliphatic heterocycles. The third-order valence-corrected chi connectivity index (χ3v) is 7.29. The van der Waals surface area contributed by atoms with Gasteiger partial charge in [-0.2, -0.15) is 5.10 Å². The van der Waals surface area contributed by atoms with E-state index in [1.807, 2.05) is 31.3 Å². The van der Waals surface area contributed by atoms with Crippen LogP contribution in [0.5, 0.6) is 11.5 Å². The topological polar surface area (TPSA) is 100 Å². The Balaban J connectivity index is 1.30. The molecule has 4 heterocycles. The molecule has 0 fully saturated rings. The number of fused-ring (bicyclic) bond motifs is 1. The molecule has 0 N–H and O–H groups in total. The van der Waals surface area contributed by atoms with Crippen molar-refractivity contribution in [1.29, 1.82) is 0 Å². The fourth-order valence-electron chi connectivity index (χ4n) is 5.01. The average Bonchev–Trinajstić information content (AvgIpc) is 3.48. The van der Waals surface area contributed by atoms with E-state index in [0.717, 1.165) is 28.0 Å². The van der Waals surface area contributed by atoms with Gasteiger partial charge >= 0.3 is 5.69 Å². The van der Waals surface area contributed by atoms with Crippen molar-refractivity contribution in [1.82, 2.24) is 23.7 Å². The van der Waals surface area contributed by atoms with Crippen LogP contribution in [-0.2, 0) is 6.42 Å². The maximum absolute atomic E-state index is 15.4. The molecule has 0 amide bonds. The van der Waals surface area contributed by atoms with E-state index in [-0.39, 0.29) is 29.5 Å². The van der Waals surface area contributed by atoms with Crippen molar-refractivity contribution in [2.45, 2.75) is 33.2 Å². The number of nitrogens with zero attached hydrogens (tertiary/aromatic N) is 5. The summed E-state index contributed by atoms with van der Waals surface area (Å²) in [6, 6.07) is 17.7. The van der Waals surface area contributed by atoms with E-state index in [9.17, 15) is 18.8 Å². The first-order chi connectivity index (χ1) is 21.6. The summed E-state index contributed by atoms with van der Waals surface area (Å²) in [6.07, 6.45) is 4.32. The summed E-state index contributed by atoms with van der Waals surface area (Å²) in [4.78, 5) is 44.4. The number of aromatic nitrogens is 5. The van der Waals surface area contributed by atoms with Crippen molar-refractivity contribution in [2.75, 3.05) is 0 Å². The van der Waals surface area contributed by atoms with Crippen molar-refractivity contribution in [3.8, 4) is 28.4 Å². The third kappa shape index (κ3) is 5.79. The number of pyridine rings is 2. The number of Topliss-reactive ketones (excluding diaryl/α,β-unsaturated/α-hetero) is 1. The fraction of sp³-hybridized carbons (Fsp3) is 0.147. The average molecular weight is 608 g/mol. The highest BCUT2D eigenvalue weighted by Gasteiger charge is 2.21. The molecule has 45 heavy (non-hydrogen) atoms. The molecule has 2 aromatic carbocycles. The minimum absolute atomic E-state index is 0.0735. The Bertz CT molecular complexity index is 2200. The Hall–Kier alpha value is -5.71. The van der Waals surface area contributed by atoms with Gasteiger partial charge in [-0.3, -0.25) is 19.1 Å². The van der Waals surface area contributed by atoms with Gasteiger partial charge in [-0.1, -0.05) is 12.1 Å². The molecule has 0 spiro atoms. The van der Waals surface area contributed by atoms with E-state index in [0.29, 0.717) is 22.5 Å². The standard InChI is InChI=1S/C34H27F2N5O4/c1-20(2)39-19-26(33(43)41(34(39)44)25-10-8-24(35)9-11-25)30(42)16-22-7-12-31(27(36)15-22)45-32-17-23(18-40-29(32)13-14-37-40)28-6-4-5-21(3)38-28/h4-15,17-20H,16H2,1-3H3. The molecule has 0 saturated heterocycles. The molecule has 0 saturated carbocycles. The van der Waals surface area contributed by atoms with Crippen LogP contribution in [0.2, 0.25) is 0 Å². The van der Waals surface area contributed by atoms with Gasteiger partial charge in [-0.25, -0.2) is 22.7 Å². The lowest BCUT2D eigenvalue weighted by atomic mass is 10.0. The number of ketones is 1. The number of hydrogen-bond acceptors (Lipinski definition) is 6. The summed E-state index contributed by atoms with van der Waals surface area (Å²) < 4.78 is 38.6. The minimum atomic E-state index is -0.846. The maximum Gasteiger partial charge on any atom is 0.335 e. The van der Waals surface area contributed by atoms with Crippen LogP contribution in [0, 0.1) is 18.6 Å². The zero-order valence-electron chi connectivity index (χ0n) is 24.6. The van der Waals surface area contributed by atoms with Gasteiger partial charge in [-0.05, 0) is 87.0 Å². The number of benzene rings is 2. The monoisotopic (exact) mass is 607 g/mol. The number of carbonyl (C=O) groups is 1. The van der Waals surface area contributed by atoms with Crippen LogP contribution in [0.15, 0.2) is 101 Å². The largest absolute Gasteiger partial charge is 0.452 e. The second kappa shape index (κ2) is 11.8. The van der Waals surface area contributed by atoms with Crippen molar-refractivity contribution in [3.05, 3.63) is 141 Å². The Morgan fingerprint density at radius 1 is 0.933 bits per heavy atom. The number of carbonyl (C=O) groups excluding carboxylic acids is 1. The molecule has 226 valence electrons. The van der Waals surface area contributed by atoms with E-state index in [2.05, 4.69) is 10.1 Å². The summed E-state index contributed by atoms with van der Waals surface area (Å²) in [6.45, 7) is 5.35. The first-order valence-electron chi connectivity index (χ1n) is 14.1. The SMILES string of the molecule is Cc1cccc(-c2cc(Oc3ccc(CC(=O)c4cn(C(C)C)c(=O)n(-c5ccc(F)cc5)c4=O)cc3F)c3ccnn3c2)n1. The Kier molecular flexibility index (Phi) is 7.67. The number of aryl methyl sites for hydroxylation is 1. The Labute approximate surface area is 255 Å². The van der Waals surface area contributed by atoms with Gasteiger partial charge in [0.05, 0.1) is 17.6 Å². The summed E-state index contributed by atoms with van der Waals surface area (Å²) in [5.41, 5.74) is 1.53. The van der Waals surface area contributed by atoms with E-state index in [1.54, 1.807) is 36.7 Å². The van der Waals surface area contributed by atoms with Crippen molar-refractivity contribution < 1.29 is 18.3 Å². The van der Waals surface area contributed by atoms with Gasteiger partial charge in [0.25, 0.3) is 5.56 Å². The maximum atomic E-state index is 15.4. The van der Waals surface area contributed by atoms with Gasteiger partial charge in [0.1, 0.15) is 16.9 Å². The highest BCUT2D eigenvalue weighted by Crippen LogP contribution is 2.32. The highest BCUT2D eigenvalue weighted by molar-refractivity contribution is 5.97. The van der Waals surface area contributed by atoms with Gasteiger partial charge < -0.3 is 4.74 Å². The van der Waals surface area contributed by atoms with E-state index < -0.39 is 28.7 Å². The second-order valence-electron chi connectivity index (χ2n) is 10.8. The van der Waals surface area contributed by atoms with Gasteiger partial charge in [0, 0.05) is 36.1 Å². The zero-order valence-corrected chi connectivity index (χ0v) is 24.6. The third-order valence-electron chi connectivity index (χ3n) is 7.29. The molecule has 0 radical (unpaired) electrons. The molecule has 9 nitrogen and oxygen atoms in total. The molecule has 0 atom stereocenters. The normalized spacial score (nSPS) is 11.3. The molecule has 11 heteroatoms. The van der Waals surface area contributed by atoms with Crippen LogP contribution in [0.3, 0.4) is 0 Å². The number of rotatable bonds is 8. The van der Waals surface area contributed by atoms with E-state index >= 15 is 4.39 Å². The molecule has 0 aliphatic carbocycles. The summed E-state index contributed by atoms with van der Waals surface area (Å²) in [5, 5.41) is 4.30. The lowest BCUT2D eigenvalue weighted by Gasteiger charge is -2.15. The van der Waals surface area contributed by atoms with Crippen LogP contribution in [0.25, 0.3) is 22.5 Å². The first kappa shape index (κ1) is 29.4. The van der Waals surface area contributed by atoms with Crippen molar-refractivity contribution in [3.63, 3.8) is 0 Å². The lowest BCUT2D eigenvalue weighted by Crippen LogP contribution is -2.42. The van der Waals surface area contributed by atoms with Crippen LogP contribution in [0.1, 0.15) is 41.5 Å². The van der Waals surface area contributed by atoms with E-state index in [4.69, 9.17) is 4.74 Å². The molecular weight excluding hydrogens is 580 g/mol. The highest BCUT2D eigenvalue weighted by atomic mass is 19.1. The molecule has 0 unspecified atom stereocenters. The quantitative estimate of drug-likeness (QED) is 0.194. The van der Waals surface area contributed by atoms with Crippen LogP contribution >= 0.6 is 0 Å². The van der Waals surface area contributed by atoms with Crippen molar-refractivity contribution >= 4 is 11.3 Å². The summed E-state index contributed by atoms with van der Waals surface area (Å²) in [5.74, 6) is -1.59. The molecule has 0 aliphatic rings. The number of ether oxygens (including phenoxy) is 1. The first-order valence-corrected chi connectivity index (χ1v) is 14.1. The molecular formula is C34H27F2N5O4. The van der Waals surface area contributed by atoms with Crippen LogP contribution in [-0.4, -0.2) is 29.5 Å². The van der Waals surface area contributed by atoms with Crippen LogP contribution < -0.4 is 16.0 Å². The van der Waals surface area contributed by atoms with Gasteiger partial charge in [-0.15, -0.1) is 0 Å². The molecule has 6 rings (SSSR count). The molecule has 4 aromatic heterocycles. The molecule has 6 aromatic rings. The zero-order chi connectivity index (χ0) is 31.8. The summed E-state index contributed by atoms with van der Waals surface area (Å²) >= 11 is 0. The molecule has 0 bridgehead atoms. The number of hydrogen-bond donors (Lipinski definition) is 0. The van der Waals surface area contributed by atoms with Crippen molar-refractivity contribution in [2.24, 2.45) is 0 Å². The number of halogens is 2. The fourth-order valence-corrected chi connectivity index (χ4v) is 5.01. The predicted molar refractivity (Wildman–Crippen MR) is 164 cm³/mol. The van der Waals surface area contributed by atoms with E-state index in [1.165, 1.54) is 41.1 Å². The minimum Gasteiger partial charge on any atom is -0.452 e. The summed E-state index contributed by atoms with van der Waals surface area (Å²) in [7, 11) is 0. The van der Waals surface area contributed by atoms with Gasteiger partial charge in [0.2, 0.25) is 0 Å². The smallest absolute Gasteiger partial charge is 0.335 e. The van der Waals surface area contributed by atoms with Gasteiger partial charge in [0.15, 0.2) is 23.1 Å². The predicted octanol–water partition coefficient (Wildman–Crippen LogP) is 6.09.